The van der Waals surface area contributed by atoms with E-state index < -0.39 is 6.17 Å². The number of rotatable bonds is 2. The van der Waals surface area contributed by atoms with Crippen molar-refractivity contribution in [3.05, 3.63) is 17.5 Å². The van der Waals surface area contributed by atoms with E-state index in [1.165, 1.54) is 0 Å². The second-order valence-corrected chi connectivity index (χ2v) is 4.10. The number of hydrogen-bond acceptors (Lipinski definition) is 3. The highest BCUT2D eigenvalue weighted by molar-refractivity contribution is 6.28. The van der Waals surface area contributed by atoms with E-state index in [2.05, 4.69) is 15.3 Å². The minimum atomic E-state index is -0.785. The molecule has 15 heavy (non-hydrogen) atoms. The predicted molar refractivity (Wildman–Crippen MR) is 57.8 cm³/mol. The summed E-state index contributed by atoms with van der Waals surface area (Å²) in [7, 11) is 0. The van der Waals surface area contributed by atoms with Gasteiger partial charge in [0.2, 0.25) is 5.28 Å². The molecule has 0 amide bonds. The van der Waals surface area contributed by atoms with Crippen LogP contribution in [0.25, 0.3) is 0 Å². The summed E-state index contributed by atoms with van der Waals surface area (Å²) in [6.07, 6.45) is 4.31. The second-order valence-electron chi connectivity index (χ2n) is 3.76. The normalized spacial score (nSPS) is 26.3. The maximum absolute atomic E-state index is 13.5. The molecule has 5 heteroatoms. The summed E-state index contributed by atoms with van der Waals surface area (Å²) in [5.74, 6) is 0.601. The molecule has 0 saturated heterocycles. The van der Waals surface area contributed by atoms with E-state index in [4.69, 9.17) is 11.6 Å². The molecule has 2 atom stereocenters. The Morgan fingerprint density at radius 3 is 2.93 bits per heavy atom. The van der Waals surface area contributed by atoms with Gasteiger partial charge in [-0.3, -0.25) is 0 Å². The summed E-state index contributed by atoms with van der Waals surface area (Å²) < 4.78 is 13.5. The van der Waals surface area contributed by atoms with Crippen molar-refractivity contribution in [3.63, 3.8) is 0 Å². The lowest BCUT2D eigenvalue weighted by Gasteiger charge is -2.26. The number of aromatic nitrogens is 2. The first-order valence-corrected chi connectivity index (χ1v) is 5.52. The lowest BCUT2D eigenvalue weighted by atomic mass is 9.94. The van der Waals surface area contributed by atoms with Crippen LogP contribution in [0.5, 0.6) is 0 Å². The Labute approximate surface area is 93.1 Å². The fraction of sp³-hybridized carbons (Fsp3) is 0.600. The molecule has 0 bridgehead atoms. The van der Waals surface area contributed by atoms with E-state index in [9.17, 15) is 4.39 Å². The lowest BCUT2D eigenvalue weighted by molar-refractivity contribution is 0.229. The molecule has 0 spiro atoms. The largest absolute Gasteiger partial charge is 0.364 e. The van der Waals surface area contributed by atoms with Crippen molar-refractivity contribution in [1.29, 1.82) is 0 Å². The van der Waals surface area contributed by atoms with Gasteiger partial charge in [0.1, 0.15) is 12.0 Å². The highest BCUT2D eigenvalue weighted by Gasteiger charge is 2.24. The summed E-state index contributed by atoms with van der Waals surface area (Å²) in [6.45, 7) is 0. The highest BCUT2D eigenvalue weighted by Crippen LogP contribution is 2.23. The van der Waals surface area contributed by atoms with Crippen LogP contribution >= 0.6 is 11.6 Å². The van der Waals surface area contributed by atoms with Crippen molar-refractivity contribution in [2.75, 3.05) is 5.32 Å². The van der Waals surface area contributed by atoms with E-state index >= 15 is 0 Å². The summed E-state index contributed by atoms with van der Waals surface area (Å²) in [4.78, 5) is 7.75. The molecule has 1 saturated carbocycles. The molecule has 1 aliphatic rings. The number of nitrogens with zero attached hydrogens (tertiary/aromatic N) is 2. The van der Waals surface area contributed by atoms with Crippen molar-refractivity contribution >= 4 is 17.4 Å². The van der Waals surface area contributed by atoms with Gasteiger partial charge in [-0.15, -0.1) is 0 Å². The molecule has 0 aliphatic heterocycles. The molecule has 82 valence electrons. The third kappa shape index (κ3) is 2.78. The van der Waals surface area contributed by atoms with Gasteiger partial charge < -0.3 is 5.32 Å². The van der Waals surface area contributed by atoms with Crippen LogP contribution in [0.2, 0.25) is 5.28 Å². The van der Waals surface area contributed by atoms with Gasteiger partial charge >= 0.3 is 0 Å². The molecule has 0 unspecified atom stereocenters. The molecule has 3 nitrogen and oxygen atoms in total. The van der Waals surface area contributed by atoms with Crippen molar-refractivity contribution in [3.8, 4) is 0 Å². The Balaban J connectivity index is 2.01. The van der Waals surface area contributed by atoms with Crippen LogP contribution in [0.15, 0.2) is 12.3 Å². The molecule has 0 aromatic carbocycles. The minimum absolute atomic E-state index is 0.135. The number of halogens is 2. The predicted octanol–water partition coefficient (Wildman–Crippen LogP) is 2.82. The van der Waals surface area contributed by atoms with Crippen molar-refractivity contribution in [2.45, 2.75) is 37.9 Å². The van der Waals surface area contributed by atoms with Crippen molar-refractivity contribution < 1.29 is 4.39 Å². The molecular formula is C10H13ClFN3. The first-order valence-electron chi connectivity index (χ1n) is 5.15. The molecule has 1 aliphatic carbocycles. The molecule has 1 heterocycles. The van der Waals surface area contributed by atoms with E-state index in [1.807, 2.05) is 0 Å². The van der Waals surface area contributed by atoms with Gasteiger partial charge in [-0.2, -0.15) is 0 Å². The van der Waals surface area contributed by atoms with E-state index in [1.54, 1.807) is 12.3 Å². The Bertz CT molecular complexity index is 334. The van der Waals surface area contributed by atoms with Gasteiger partial charge in [-0.25, -0.2) is 14.4 Å². The minimum Gasteiger partial charge on any atom is -0.364 e. The first kappa shape index (κ1) is 10.6. The highest BCUT2D eigenvalue weighted by atomic mass is 35.5. The Hall–Kier alpha value is -0.900. The van der Waals surface area contributed by atoms with Crippen LogP contribution in [-0.2, 0) is 0 Å². The summed E-state index contributed by atoms with van der Waals surface area (Å²) in [5, 5.41) is 3.25. The first-order chi connectivity index (χ1) is 7.25. The van der Waals surface area contributed by atoms with E-state index in [-0.39, 0.29) is 11.3 Å². The van der Waals surface area contributed by atoms with E-state index in [0.717, 1.165) is 19.3 Å². The molecule has 1 fully saturated rings. The zero-order chi connectivity index (χ0) is 10.7. The maximum Gasteiger partial charge on any atom is 0.224 e. The van der Waals surface area contributed by atoms with Gasteiger partial charge in [0.05, 0.1) is 6.04 Å². The Kier molecular flexibility index (Phi) is 3.36. The standard InChI is InChI=1S/C10H13ClFN3/c11-10-13-6-5-9(15-10)14-8-4-2-1-3-7(8)12/h5-8H,1-4H2,(H,13,14,15)/t7-,8-/m1/s1. The quantitative estimate of drug-likeness (QED) is 0.793. The fourth-order valence-corrected chi connectivity index (χ4v) is 2.00. The summed E-state index contributed by atoms with van der Waals surface area (Å²) in [6, 6.07) is 1.57. The zero-order valence-electron chi connectivity index (χ0n) is 8.29. The summed E-state index contributed by atoms with van der Waals surface area (Å²) >= 11 is 5.64. The molecule has 0 radical (unpaired) electrons. The number of alkyl halides is 1. The average Bonchev–Trinajstić information content (AvgIpc) is 2.22. The number of hydrogen-bond donors (Lipinski definition) is 1. The van der Waals surface area contributed by atoms with E-state index in [0.29, 0.717) is 12.2 Å². The Morgan fingerprint density at radius 1 is 1.40 bits per heavy atom. The fourth-order valence-electron chi connectivity index (χ4n) is 1.85. The third-order valence-electron chi connectivity index (χ3n) is 2.64. The van der Waals surface area contributed by atoms with Crippen LogP contribution in [0.4, 0.5) is 10.2 Å². The van der Waals surface area contributed by atoms with Crippen LogP contribution in [0.3, 0.4) is 0 Å². The van der Waals surface area contributed by atoms with Gasteiger partial charge in [-0.05, 0) is 30.5 Å². The third-order valence-corrected chi connectivity index (χ3v) is 2.82. The van der Waals surface area contributed by atoms with Gasteiger partial charge in [0, 0.05) is 6.20 Å². The average molecular weight is 230 g/mol. The van der Waals surface area contributed by atoms with Crippen LogP contribution in [-0.4, -0.2) is 22.2 Å². The number of anilines is 1. The van der Waals surface area contributed by atoms with Crippen molar-refractivity contribution in [2.24, 2.45) is 0 Å². The smallest absolute Gasteiger partial charge is 0.224 e. The van der Waals surface area contributed by atoms with Gasteiger partial charge in [0.15, 0.2) is 0 Å². The van der Waals surface area contributed by atoms with Crippen LogP contribution in [0, 0.1) is 0 Å². The van der Waals surface area contributed by atoms with Crippen molar-refractivity contribution in [1.82, 2.24) is 9.97 Å². The van der Waals surface area contributed by atoms with Crippen LogP contribution < -0.4 is 5.32 Å². The SMILES string of the molecule is F[C@@H]1CCCC[C@H]1Nc1ccnc(Cl)n1. The zero-order valence-corrected chi connectivity index (χ0v) is 9.04. The maximum atomic E-state index is 13.5. The van der Waals surface area contributed by atoms with Crippen LogP contribution in [0.1, 0.15) is 25.7 Å². The Morgan fingerprint density at radius 2 is 2.20 bits per heavy atom. The molecule has 1 N–H and O–H groups in total. The molecule has 1 aromatic rings. The number of nitrogens with one attached hydrogen (secondary N) is 1. The van der Waals surface area contributed by atoms with Gasteiger partial charge in [0.25, 0.3) is 0 Å². The summed E-state index contributed by atoms with van der Waals surface area (Å²) in [5.41, 5.74) is 0. The second kappa shape index (κ2) is 4.75. The molecular weight excluding hydrogens is 217 g/mol. The topological polar surface area (TPSA) is 37.8 Å². The molecule has 2 rings (SSSR count). The molecule has 1 aromatic heterocycles. The monoisotopic (exact) mass is 229 g/mol. The lowest BCUT2D eigenvalue weighted by Crippen LogP contribution is -2.33. The van der Waals surface area contributed by atoms with Gasteiger partial charge in [-0.1, -0.05) is 12.8 Å².